The molecule has 1 heterocycles. The van der Waals surface area contributed by atoms with Crippen LogP contribution in [-0.4, -0.2) is 32.0 Å². The number of para-hydroxylation sites is 1. The summed E-state index contributed by atoms with van der Waals surface area (Å²) >= 11 is 0. The number of benzene rings is 2. The van der Waals surface area contributed by atoms with Crippen LogP contribution in [0.4, 0.5) is 0 Å². The first-order valence-corrected chi connectivity index (χ1v) is 12.5. The van der Waals surface area contributed by atoms with Gasteiger partial charge in [-0.25, -0.2) is 0 Å². The number of unbranched alkanes of at least 4 members (excludes halogenated alkanes) is 2. The van der Waals surface area contributed by atoms with Crippen molar-refractivity contribution < 1.29 is 18.8 Å². The minimum Gasteiger partial charge on any atom is -0.497 e. The van der Waals surface area contributed by atoms with Crippen molar-refractivity contribution in [2.24, 2.45) is 0 Å². The van der Waals surface area contributed by atoms with Gasteiger partial charge in [-0.15, -0.1) is 0 Å². The summed E-state index contributed by atoms with van der Waals surface area (Å²) in [5.41, 5.74) is 0.784. The lowest BCUT2D eigenvalue weighted by molar-refractivity contribution is 0.00578. The molecule has 0 saturated carbocycles. The van der Waals surface area contributed by atoms with Gasteiger partial charge in [-0.1, -0.05) is 56.0 Å². The van der Waals surface area contributed by atoms with E-state index in [0.717, 1.165) is 63.1 Å². The number of hydrogen-bond donors (Lipinski definition) is 0. The van der Waals surface area contributed by atoms with Gasteiger partial charge in [0.15, 0.2) is 0 Å². The van der Waals surface area contributed by atoms with E-state index in [2.05, 4.69) is 39.8 Å². The van der Waals surface area contributed by atoms with Crippen molar-refractivity contribution in [2.75, 3.05) is 13.7 Å². The van der Waals surface area contributed by atoms with Crippen molar-refractivity contribution in [2.45, 2.75) is 89.7 Å². The molecule has 0 bridgehead atoms. The maximum Gasteiger partial charge on any atom is 0.461 e. The van der Waals surface area contributed by atoms with Gasteiger partial charge in [0, 0.05) is 0 Å². The van der Waals surface area contributed by atoms with Gasteiger partial charge in [0.05, 0.1) is 24.9 Å². The van der Waals surface area contributed by atoms with Crippen LogP contribution in [0.15, 0.2) is 54.6 Å². The van der Waals surface area contributed by atoms with Gasteiger partial charge in [-0.05, 0) is 82.6 Å². The Morgan fingerprint density at radius 3 is 2.03 bits per heavy atom. The molecule has 2 aromatic rings. The smallest absolute Gasteiger partial charge is 0.461 e. The van der Waals surface area contributed by atoms with E-state index in [-0.39, 0.29) is 18.3 Å². The Kier molecular flexibility index (Phi) is 9.28. The third-order valence-electron chi connectivity index (χ3n) is 7.09. The third kappa shape index (κ3) is 7.51. The molecule has 33 heavy (non-hydrogen) atoms. The second-order valence-corrected chi connectivity index (χ2v) is 10.1. The standard InChI is InChI=1S/C28H41BO4/c1-27(2)28(3,4)33-29(32-27)24(15-12-13-23-18-20-25(30-5)21-19-23)14-8-7-11-22-31-26-16-9-6-10-17-26/h6,9-10,16-21,24H,7-8,11-15,22H2,1-5H3/t24-/m0/s1. The minimum absolute atomic E-state index is 0.133. The average molecular weight is 452 g/mol. The molecule has 1 aliphatic rings. The summed E-state index contributed by atoms with van der Waals surface area (Å²) < 4.78 is 24.0. The fraction of sp³-hybridized carbons (Fsp3) is 0.571. The average Bonchev–Trinajstić information content (AvgIpc) is 3.02. The zero-order valence-electron chi connectivity index (χ0n) is 21.1. The molecule has 0 aromatic heterocycles. The van der Waals surface area contributed by atoms with Crippen molar-refractivity contribution in [3.63, 3.8) is 0 Å². The molecule has 0 aliphatic carbocycles. The SMILES string of the molecule is COc1ccc(CCC[C@H](CCCCCOc2ccccc2)B2OC(C)(C)C(C)(C)O2)cc1. The van der Waals surface area contributed by atoms with Crippen LogP contribution in [0, 0.1) is 0 Å². The summed E-state index contributed by atoms with van der Waals surface area (Å²) in [6.07, 6.45) is 7.78. The molecule has 1 aliphatic heterocycles. The highest BCUT2D eigenvalue weighted by Gasteiger charge is 2.53. The normalized spacial score (nSPS) is 17.7. The second-order valence-electron chi connectivity index (χ2n) is 10.1. The van der Waals surface area contributed by atoms with E-state index in [9.17, 15) is 0 Å². The second kappa shape index (κ2) is 11.9. The molecule has 2 aromatic carbocycles. The van der Waals surface area contributed by atoms with E-state index >= 15 is 0 Å². The lowest BCUT2D eigenvalue weighted by atomic mass is 9.66. The van der Waals surface area contributed by atoms with Gasteiger partial charge in [0.25, 0.3) is 0 Å². The summed E-state index contributed by atoms with van der Waals surface area (Å²) in [5.74, 6) is 2.26. The van der Waals surface area contributed by atoms with E-state index in [4.69, 9.17) is 18.8 Å². The van der Waals surface area contributed by atoms with Crippen molar-refractivity contribution in [3.8, 4) is 11.5 Å². The Labute approximate surface area is 201 Å². The molecule has 3 rings (SSSR count). The molecule has 0 unspecified atom stereocenters. The Morgan fingerprint density at radius 1 is 0.758 bits per heavy atom. The topological polar surface area (TPSA) is 36.9 Å². The van der Waals surface area contributed by atoms with Gasteiger partial charge in [0.1, 0.15) is 11.5 Å². The van der Waals surface area contributed by atoms with Crippen LogP contribution in [0.5, 0.6) is 11.5 Å². The minimum atomic E-state index is -0.282. The fourth-order valence-corrected chi connectivity index (χ4v) is 4.25. The summed E-state index contributed by atoms with van der Waals surface area (Å²) in [6, 6.07) is 18.5. The summed E-state index contributed by atoms with van der Waals surface area (Å²) in [4.78, 5) is 0. The quantitative estimate of drug-likeness (QED) is 0.240. The van der Waals surface area contributed by atoms with E-state index in [1.807, 2.05) is 42.5 Å². The number of aryl methyl sites for hydroxylation is 1. The molecular weight excluding hydrogens is 411 g/mol. The van der Waals surface area contributed by atoms with Crippen LogP contribution >= 0.6 is 0 Å². The van der Waals surface area contributed by atoms with Gasteiger partial charge in [-0.3, -0.25) is 0 Å². The highest BCUT2D eigenvalue weighted by Crippen LogP contribution is 2.42. The Bertz CT molecular complexity index is 804. The van der Waals surface area contributed by atoms with Gasteiger partial charge >= 0.3 is 7.12 Å². The van der Waals surface area contributed by atoms with Crippen LogP contribution in [0.3, 0.4) is 0 Å². The first-order chi connectivity index (χ1) is 15.8. The third-order valence-corrected chi connectivity index (χ3v) is 7.09. The lowest BCUT2D eigenvalue weighted by Gasteiger charge is -2.32. The first-order valence-electron chi connectivity index (χ1n) is 12.5. The van der Waals surface area contributed by atoms with Crippen LogP contribution < -0.4 is 9.47 Å². The molecule has 0 amide bonds. The monoisotopic (exact) mass is 452 g/mol. The Hall–Kier alpha value is -1.98. The summed E-state index contributed by atoms with van der Waals surface area (Å²) in [6.45, 7) is 9.33. The highest BCUT2D eigenvalue weighted by molar-refractivity contribution is 6.47. The van der Waals surface area contributed by atoms with Crippen molar-refractivity contribution in [1.29, 1.82) is 0 Å². The van der Waals surface area contributed by atoms with Crippen LogP contribution in [0.25, 0.3) is 0 Å². The molecule has 180 valence electrons. The van der Waals surface area contributed by atoms with E-state index < -0.39 is 0 Å². The molecule has 0 N–H and O–H groups in total. The predicted octanol–water partition coefficient (Wildman–Crippen LogP) is 7.12. The fourth-order valence-electron chi connectivity index (χ4n) is 4.25. The Balaban J connectivity index is 1.47. The molecule has 1 fully saturated rings. The lowest BCUT2D eigenvalue weighted by Crippen LogP contribution is -2.41. The van der Waals surface area contributed by atoms with Gasteiger partial charge in [0.2, 0.25) is 0 Å². The van der Waals surface area contributed by atoms with Crippen LogP contribution in [0.2, 0.25) is 5.82 Å². The number of hydrogen-bond acceptors (Lipinski definition) is 4. The molecular formula is C28H41BO4. The van der Waals surface area contributed by atoms with Crippen LogP contribution in [0.1, 0.15) is 71.8 Å². The van der Waals surface area contributed by atoms with Gasteiger partial charge < -0.3 is 18.8 Å². The maximum atomic E-state index is 6.43. The zero-order valence-corrected chi connectivity index (χ0v) is 21.1. The highest BCUT2D eigenvalue weighted by atomic mass is 16.7. The number of rotatable bonds is 13. The van der Waals surface area contributed by atoms with Crippen molar-refractivity contribution in [3.05, 3.63) is 60.2 Å². The van der Waals surface area contributed by atoms with E-state index in [1.54, 1.807) is 7.11 Å². The molecule has 4 nitrogen and oxygen atoms in total. The molecule has 0 radical (unpaired) electrons. The zero-order chi connectivity index (χ0) is 23.7. The summed E-state index contributed by atoms with van der Waals surface area (Å²) in [5, 5.41) is 0. The Morgan fingerprint density at radius 2 is 1.39 bits per heavy atom. The first kappa shape index (κ1) is 25.6. The van der Waals surface area contributed by atoms with Gasteiger partial charge in [-0.2, -0.15) is 0 Å². The number of methoxy groups -OCH3 is 1. The van der Waals surface area contributed by atoms with E-state index in [0.29, 0.717) is 5.82 Å². The molecule has 1 atom stereocenters. The molecule has 1 saturated heterocycles. The number of ether oxygens (including phenoxy) is 2. The maximum absolute atomic E-state index is 6.43. The largest absolute Gasteiger partial charge is 0.497 e. The predicted molar refractivity (Wildman–Crippen MR) is 136 cm³/mol. The van der Waals surface area contributed by atoms with Crippen molar-refractivity contribution in [1.82, 2.24) is 0 Å². The van der Waals surface area contributed by atoms with Crippen molar-refractivity contribution >= 4 is 7.12 Å². The van der Waals surface area contributed by atoms with E-state index in [1.165, 1.54) is 5.56 Å². The van der Waals surface area contributed by atoms with Crippen LogP contribution in [-0.2, 0) is 15.7 Å². The molecule has 0 spiro atoms. The summed E-state index contributed by atoms with van der Waals surface area (Å²) in [7, 11) is 1.57. The molecule has 5 heteroatoms.